The van der Waals surface area contributed by atoms with Gasteiger partial charge in [0.05, 0.1) is 11.8 Å². The van der Waals surface area contributed by atoms with Crippen LogP contribution >= 0.6 is 0 Å². The van der Waals surface area contributed by atoms with Crippen LogP contribution in [-0.2, 0) is 0 Å². The molecule has 2 amide bonds. The molecular formula is C20H20F2N4O. The fourth-order valence-corrected chi connectivity index (χ4v) is 3.50. The highest BCUT2D eigenvalue weighted by Gasteiger charge is 2.36. The second-order valence-electron chi connectivity index (χ2n) is 6.67. The molecule has 4 rings (SSSR count). The van der Waals surface area contributed by atoms with Gasteiger partial charge >= 0.3 is 6.03 Å². The highest BCUT2D eigenvalue weighted by atomic mass is 19.1. The number of halogens is 2. The molecule has 140 valence electrons. The van der Waals surface area contributed by atoms with E-state index in [4.69, 9.17) is 0 Å². The Morgan fingerprint density at radius 3 is 2.56 bits per heavy atom. The van der Waals surface area contributed by atoms with Crippen LogP contribution in [0, 0.1) is 11.6 Å². The van der Waals surface area contributed by atoms with Crippen molar-refractivity contribution in [2.24, 2.45) is 5.10 Å². The molecule has 2 aliphatic heterocycles. The highest BCUT2D eigenvalue weighted by Crippen LogP contribution is 2.34. The SMILES string of the molecule is O=C(N1CCNCC1)N1N=C(c2cc(F)ccc2F)CC1c1ccccc1. The molecule has 2 aliphatic rings. The number of hydrogen-bond donors (Lipinski definition) is 1. The number of carbonyl (C=O) groups is 1. The normalized spacial score (nSPS) is 19.9. The second-order valence-corrected chi connectivity index (χ2v) is 6.67. The Labute approximate surface area is 156 Å². The van der Waals surface area contributed by atoms with Crippen molar-refractivity contribution < 1.29 is 13.6 Å². The number of carbonyl (C=O) groups excluding carboxylic acids is 1. The summed E-state index contributed by atoms with van der Waals surface area (Å²) in [5, 5.41) is 9.05. The molecule has 27 heavy (non-hydrogen) atoms. The number of piperazine rings is 1. The quantitative estimate of drug-likeness (QED) is 0.883. The van der Waals surface area contributed by atoms with Crippen LogP contribution in [0.3, 0.4) is 0 Å². The summed E-state index contributed by atoms with van der Waals surface area (Å²) in [7, 11) is 0. The van der Waals surface area contributed by atoms with Crippen molar-refractivity contribution in [3.63, 3.8) is 0 Å². The van der Waals surface area contributed by atoms with Crippen LogP contribution in [0.4, 0.5) is 13.6 Å². The molecule has 1 N–H and O–H groups in total. The first-order chi connectivity index (χ1) is 13.1. The molecule has 5 nitrogen and oxygen atoms in total. The zero-order valence-corrected chi connectivity index (χ0v) is 14.7. The van der Waals surface area contributed by atoms with Gasteiger partial charge in [0.1, 0.15) is 11.6 Å². The largest absolute Gasteiger partial charge is 0.341 e. The maximum atomic E-state index is 14.3. The Kier molecular flexibility index (Phi) is 4.85. The Hall–Kier alpha value is -2.80. The molecule has 0 saturated carbocycles. The van der Waals surface area contributed by atoms with Gasteiger partial charge in [-0.2, -0.15) is 5.10 Å². The first kappa shape index (κ1) is 17.6. The third kappa shape index (κ3) is 3.55. The van der Waals surface area contributed by atoms with Crippen molar-refractivity contribution in [2.45, 2.75) is 12.5 Å². The number of benzene rings is 2. The summed E-state index contributed by atoms with van der Waals surface area (Å²) < 4.78 is 27.9. The minimum absolute atomic E-state index is 0.103. The smallest absolute Gasteiger partial charge is 0.321 e. The molecule has 7 heteroatoms. The first-order valence-electron chi connectivity index (χ1n) is 9.00. The van der Waals surface area contributed by atoms with Gasteiger partial charge in [0, 0.05) is 38.2 Å². The summed E-state index contributed by atoms with van der Waals surface area (Å²) in [6.07, 6.45) is 0.336. The van der Waals surface area contributed by atoms with E-state index in [0.717, 1.165) is 36.9 Å². The van der Waals surface area contributed by atoms with Crippen LogP contribution in [0.2, 0.25) is 0 Å². The predicted octanol–water partition coefficient (Wildman–Crippen LogP) is 3.14. The summed E-state index contributed by atoms with van der Waals surface area (Å²) >= 11 is 0. The number of rotatable bonds is 2. The summed E-state index contributed by atoms with van der Waals surface area (Å²) in [6, 6.07) is 12.3. The maximum Gasteiger partial charge on any atom is 0.341 e. The lowest BCUT2D eigenvalue weighted by atomic mass is 9.98. The first-order valence-corrected chi connectivity index (χ1v) is 9.00. The fraction of sp³-hybridized carbons (Fsp3) is 0.300. The van der Waals surface area contributed by atoms with Crippen molar-refractivity contribution in [3.05, 3.63) is 71.3 Å². The highest BCUT2D eigenvalue weighted by molar-refractivity contribution is 6.03. The van der Waals surface area contributed by atoms with E-state index < -0.39 is 11.6 Å². The summed E-state index contributed by atoms with van der Waals surface area (Å²) in [4.78, 5) is 14.8. The zero-order valence-electron chi connectivity index (χ0n) is 14.7. The summed E-state index contributed by atoms with van der Waals surface area (Å²) in [5.41, 5.74) is 1.40. The monoisotopic (exact) mass is 370 g/mol. The van der Waals surface area contributed by atoms with Crippen LogP contribution in [-0.4, -0.2) is 47.8 Å². The van der Waals surface area contributed by atoms with Crippen LogP contribution in [0.15, 0.2) is 53.6 Å². The van der Waals surface area contributed by atoms with Gasteiger partial charge in [-0.15, -0.1) is 0 Å². The Bertz CT molecular complexity index is 866. The van der Waals surface area contributed by atoms with Crippen molar-refractivity contribution in [1.29, 1.82) is 0 Å². The van der Waals surface area contributed by atoms with Crippen LogP contribution in [0.5, 0.6) is 0 Å². The van der Waals surface area contributed by atoms with Crippen LogP contribution in [0.25, 0.3) is 0 Å². The van der Waals surface area contributed by atoms with Gasteiger partial charge in [0.25, 0.3) is 0 Å². The maximum absolute atomic E-state index is 14.3. The van der Waals surface area contributed by atoms with E-state index in [1.165, 1.54) is 5.01 Å². The van der Waals surface area contributed by atoms with E-state index in [1.54, 1.807) is 4.90 Å². The average Bonchev–Trinajstić information content (AvgIpc) is 3.16. The van der Waals surface area contributed by atoms with Crippen molar-refractivity contribution >= 4 is 11.7 Å². The standard InChI is InChI=1S/C20H20F2N4O/c21-15-6-7-17(22)16(12-15)18-13-19(14-4-2-1-3-5-14)26(24-18)20(27)25-10-8-23-9-11-25/h1-7,12,19,23H,8-11,13H2. The molecule has 0 spiro atoms. The van der Waals surface area contributed by atoms with Gasteiger partial charge in [-0.1, -0.05) is 30.3 Å². The molecule has 0 radical (unpaired) electrons. The van der Waals surface area contributed by atoms with Gasteiger partial charge in [0.2, 0.25) is 0 Å². The molecule has 2 aromatic carbocycles. The van der Waals surface area contributed by atoms with Gasteiger partial charge < -0.3 is 10.2 Å². The predicted molar refractivity (Wildman–Crippen MR) is 98.4 cm³/mol. The molecule has 0 bridgehead atoms. The number of nitrogens with one attached hydrogen (secondary N) is 1. The number of hydrogen-bond acceptors (Lipinski definition) is 3. The van der Waals surface area contributed by atoms with E-state index in [2.05, 4.69) is 10.4 Å². The van der Waals surface area contributed by atoms with Crippen molar-refractivity contribution in [2.75, 3.05) is 26.2 Å². The van der Waals surface area contributed by atoms with Crippen molar-refractivity contribution in [3.8, 4) is 0 Å². The van der Waals surface area contributed by atoms with Crippen molar-refractivity contribution in [1.82, 2.24) is 15.2 Å². The lowest BCUT2D eigenvalue weighted by Gasteiger charge is -2.32. The fourth-order valence-electron chi connectivity index (χ4n) is 3.50. The van der Waals surface area contributed by atoms with E-state index in [9.17, 15) is 13.6 Å². The molecule has 2 aromatic rings. The van der Waals surface area contributed by atoms with E-state index in [-0.39, 0.29) is 17.6 Å². The average molecular weight is 370 g/mol. The van der Waals surface area contributed by atoms with Gasteiger partial charge in [-0.05, 0) is 23.8 Å². The minimum Gasteiger partial charge on any atom is -0.321 e. The van der Waals surface area contributed by atoms with Gasteiger partial charge in [-0.25, -0.2) is 18.6 Å². The molecule has 0 aliphatic carbocycles. The molecule has 1 atom stereocenters. The Morgan fingerprint density at radius 2 is 1.81 bits per heavy atom. The summed E-state index contributed by atoms with van der Waals surface area (Å²) in [5.74, 6) is -1.07. The third-order valence-electron chi connectivity index (χ3n) is 4.92. The number of nitrogens with zero attached hydrogens (tertiary/aromatic N) is 3. The zero-order chi connectivity index (χ0) is 18.8. The third-order valence-corrected chi connectivity index (χ3v) is 4.92. The number of amides is 2. The van der Waals surface area contributed by atoms with Crippen LogP contribution < -0.4 is 5.32 Å². The molecular weight excluding hydrogens is 350 g/mol. The van der Waals surface area contributed by atoms with Crippen LogP contribution in [0.1, 0.15) is 23.6 Å². The minimum atomic E-state index is -0.543. The van der Waals surface area contributed by atoms with E-state index in [1.807, 2.05) is 30.3 Å². The van der Waals surface area contributed by atoms with E-state index in [0.29, 0.717) is 25.2 Å². The Morgan fingerprint density at radius 1 is 1.07 bits per heavy atom. The summed E-state index contributed by atoms with van der Waals surface area (Å²) in [6.45, 7) is 2.64. The lowest BCUT2D eigenvalue weighted by molar-refractivity contribution is 0.136. The lowest BCUT2D eigenvalue weighted by Crippen LogP contribution is -2.50. The van der Waals surface area contributed by atoms with Gasteiger partial charge in [0.15, 0.2) is 0 Å². The molecule has 2 heterocycles. The molecule has 1 fully saturated rings. The topological polar surface area (TPSA) is 47.9 Å². The molecule has 1 unspecified atom stereocenters. The Balaban J connectivity index is 1.69. The van der Waals surface area contributed by atoms with Gasteiger partial charge in [-0.3, -0.25) is 0 Å². The number of urea groups is 1. The van der Waals surface area contributed by atoms with E-state index >= 15 is 0 Å². The second kappa shape index (κ2) is 7.44. The number of hydrazone groups is 1. The molecule has 0 aromatic heterocycles. The molecule has 1 saturated heterocycles.